The van der Waals surface area contributed by atoms with Gasteiger partial charge in [-0.25, -0.2) is 8.42 Å². The summed E-state index contributed by atoms with van der Waals surface area (Å²) in [4.78, 5) is -0.0169. The fraction of sp³-hybridized carbons (Fsp3) is 0.200. The Bertz CT molecular complexity index is 855. The maximum atomic E-state index is 12.6. The van der Waals surface area contributed by atoms with Crippen molar-refractivity contribution in [3.8, 4) is 17.2 Å². The van der Waals surface area contributed by atoms with E-state index in [9.17, 15) is 8.42 Å². The Morgan fingerprint density at radius 3 is 2.12 bits per heavy atom. The average Bonchev–Trinajstić information content (AvgIpc) is 2.55. The Hall–Kier alpha value is -2.32. The molecule has 9 heteroatoms. The van der Waals surface area contributed by atoms with E-state index < -0.39 is 10.0 Å². The second-order valence-corrected chi connectivity index (χ2v) is 6.79. The van der Waals surface area contributed by atoms with Gasteiger partial charge in [-0.05, 0) is 18.2 Å². The minimum atomic E-state index is -3.90. The number of nitrogens with one attached hydrogen (secondary N) is 1. The maximum absolute atomic E-state index is 12.6. The Morgan fingerprint density at radius 2 is 1.58 bits per heavy atom. The van der Waals surface area contributed by atoms with E-state index in [1.165, 1.54) is 51.7 Å². The molecular formula is C15H17ClN2O5S. The standard InChI is InChI=1S/C15H17ClN2O5S/c1-21-13-5-4-9(6-11(13)17)24(19,20)18-12-8-14(22-2)10(16)7-15(12)23-3/h4-8,18H,17H2,1-3H3. The summed E-state index contributed by atoms with van der Waals surface area (Å²) >= 11 is 6.01. The minimum absolute atomic E-state index is 0.0169. The van der Waals surface area contributed by atoms with E-state index in [0.29, 0.717) is 16.5 Å². The van der Waals surface area contributed by atoms with Crippen molar-refractivity contribution < 1.29 is 22.6 Å². The third-order valence-electron chi connectivity index (χ3n) is 3.23. The van der Waals surface area contributed by atoms with Crippen molar-refractivity contribution in [1.82, 2.24) is 0 Å². The zero-order chi connectivity index (χ0) is 17.9. The summed E-state index contributed by atoms with van der Waals surface area (Å²) in [5.74, 6) is 0.954. The van der Waals surface area contributed by atoms with Crippen molar-refractivity contribution in [1.29, 1.82) is 0 Å². The van der Waals surface area contributed by atoms with E-state index >= 15 is 0 Å². The molecule has 3 N–H and O–H groups in total. The van der Waals surface area contributed by atoms with Crippen LogP contribution in [0.4, 0.5) is 11.4 Å². The van der Waals surface area contributed by atoms with Gasteiger partial charge in [0.25, 0.3) is 10.0 Å². The van der Waals surface area contributed by atoms with Crippen LogP contribution >= 0.6 is 11.6 Å². The van der Waals surface area contributed by atoms with Crippen LogP contribution in [0.3, 0.4) is 0 Å². The highest BCUT2D eigenvalue weighted by Crippen LogP contribution is 2.37. The van der Waals surface area contributed by atoms with Crippen LogP contribution in [0.1, 0.15) is 0 Å². The lowest BCUT2D eigenvalue weighted by atomic mass is 10.3. The zero-order valence-electron chi connectivity index (χ0n) is 13.3. The fourth-order valence-electron chi connectivity index (χ4n) is 2.02. The summed E-state index contributed by atoms with van der Waals surface area (Å²) in [6.45, 7) is 0. The largest absolute Gasteiger partial charge is 0.495 e. The molecule has 0 saturated heterocycles. The number of sulfonamides is 1. The van der Waals surface area contributed by atoms with Gasteiger partial charge in [-0.15, -0.1) is 0 Å². The van der Waals surface area contributed by atoms with Gasteiger partial charge >= 0.3 is 0 Å². The van der Waals surface area contributed by atoms with Crippen molar-refractivity contribution in [3.63, 3.8) is 0 Å². The lowest BCUT2D eigenvalue weighted by molar-refractivity contribution is 0.405. The molecule has 0 spiro atoms. The lowest BCUT2D eigenvalue weighted by Gasteiger charge is -2.15. The smallest absolute Gasteiger partial charge is 0.262 e. The second-order valence-electron chi connectivity index (χ2n) is 4.70. The third-order valence-corrected chi connectivity index (χ3v) is 4.89. The molecule has 130 valence electrons. The Kier molecular flexibility index (Phi) is 5.30. The van der Waals surface area contributed by atoms with Gasteiger partial charge in [-0.2, -0.15) is 0 Å². The number of rotatable bonds is 6. The van der Waals surface area contributed by atoms with Gasteiger partial charge in [0.2, 0.25) is 0 Å². The maximum Gasteiger partial charge on any atom is 0.262 e. The number of hydrogen-bond acceptors (Lipinski definition) is 6. The molecule has 0 aliphatic rings. The molecular weight excluding hydrogens is 356 g/mol. The van der Waals surface area contributed by atoms with Gasteiger partial charge in [0, 0.05) is 12.1 Å². The summed E-state index contributed by atoms with van der Waals surface area (Å²) in [5.41, 5.74) is 6.16. The summed E-state index contributed by atoms with van der Waals surface area (Å²) < 4.78 is 42.8. The molecule has 0 amide bonds. The summed E-state index contributed by atoms with van der Waals surface area (Å²) in [7, 11) is 0.383. The Labute approximate surface area is 145 Å². The molecule has 0 aromatic heterocycles. The van der Waals surface area contributed by atoms with E-state index in [-0.39, 0.29) is 22.0 Å². The molecule has 0 saturated carbocycles. The van der Waals surface area contributed by atoms with Crippen molar-refractivity contribution in [2.45, 2.75) is 4.90 Å². The molecule has 0 bridgehead atoms. The van der Waals surface area contributed by atoms with Gasteiger partial charge in [-0.3, -0.25) is 4.72 Å². The average molecular weight is 373 g/mol. The number of nitrogen functional groups attached to an aromatic ring is 1. The number of methoxy groups -OCH3 is 3. The van der Waals surface area contributed by atoms with Crippen molar-refractivity contribution >= 4 is 33.0 Å². The molecule has 2 aromatic rings. The lowest BCUT2D eigenvalue weighted by Crippen LogP contribution is -2.14. The quantitative estimate of drug-likeness (QED) is 0.756. The first-order valence-electron chi connectivity index (χ1n) is 6.70. The van der Waals surface area contributed by atoms with Crippen LogP contribution in [-0.2, 0) is 10.0 Å². The molecule has 0 atom stereocenters. The minimum Gasteiger partial charge on any atom is -0.495 e. The van der Waals surface area contributed by atoms with E-state index in [1.807, 2.05) is 0 Å². The van der Waals surface area contributed by atoms with Crippen LogP contribution in [0.2, 0.25) is 5.02 Å². The van der Waals surface area contributed by atoms with E-state index in [1.54, 1.807) is 0 Å². The molecule has 7 nitrogen and oxygen atoms in total. The fourth-order valence-corrected chi connectivity index (χ4v) is 3.35. The highest BCUT2D eigenvalue weighted by atomic mass is 35.5. The van der Waals surface area contributed by atoms with Crippen molar-refractivity contribution in [2.75, 3.05) is 31.8 Å². The number of anilines is 2. The topological polar surface area (TPSA) is 99.9 Å². The SMILES string of the molecule is COc1ccc(S(=O)(=O)Nc2cc(OC)c(Cl)cc2OC)cc1N. The summed E-state index contributed by atoms with van der Waals surface area (Å²) in [6, 6.07) is 7.06. The van der Waals surface area contributed by atoms with Crippen molar-refractivity contribution in [3.05, 3.63) is 35.4 Å². The normalized spacial score (nSPS) is 11.0. The number of ether oxygens (including phenoxy) is 3. The first kappa shape index (κ1) is 18.0. The number of halogens is 1. The van der Waals surface area contributed by atoms with E-state index in [0.717, 1.165) is 0 Å². The number of hydrogen-bond donors (Lipinski definition) is 2. The third kappa shape index (κ3) is 3.60. The Balaban J connectivity index is 2.44. The van der Waals surface area contributed by atoms with Gasteiger partial charge in [0.05, 0.1) is 42.6 Å². The zero-order valence-corrected chi connectivity index (χ0v) is 14.9. The van der Waals surface area contributed by atoms with Crippen LogP contribution in [0.15, 0.2) is 35.2 Å². The highest BCUT2D eigenvalue weighted by molar-refractivity contribution is 7.92. The molecule has 2 aromatic carbocycles. The Morgan fingerprint density at radius 1 is 0.958 bits per heavy atom. The van der Waals surface area contributed by atoms with E-state index in [4.69, 9.17) is 31.5 Å². The van der Waals surface area contributed by atoms with Gasteiger partial charge in [-0.1, -0.05) is 11.6 Å². The first-order chi connectivity index (χ1) is 11.3. The molecule has 0 radical (unpaired) electrons. The van der Waals surface area contributed by atoms with E-state index in [2.05, 4.69) is 4.72 Å². The molecule has 0 unspecified atom stereocenters. The van der Waals surface area contributed by atoms with Crippen LogP contribution < -0.4 is 24.7 Å². The van der Waals surface area contributed by atoms with Gasteiger partial charge in [0.1, 0.15) is 17.2 Å². The predicted molar refractivity (Wildman–Crippen MR) is 92.8 cm³/mol. The number of nitrogens with two attached hydrogens (primary N) is 1. The molecule has 0 aliphatic heterocycles. The highest BCUT2D eigenvalue weighted by Gasteiger charge is 2.19. The van der Waals surface area contributed by atoms with Crippen LogP contribution in [0.25, 0.3) is 0 Å². The van der Waals surface area contributed by atoms with Crippen LogP contribution in [-0.4, -0.2) is 29.7 Å². The molecule has 2 rings (SSSR count). The first-order valence-corrected chi connectivity index (χ1v) is 8.56. The van der Waals surface area contributed by atoms with Crippen molar-refractivity contribution in [2.24, 2.45) is 0 Å². The van der Waals surface area contributed by atoms with Gasteiger partial charge in [0.15, 0.2) is 0 Å². The predicted octanol–water partition coefficient (Wildman–Crippen LogP) is 2.75. The summed E-state index contributed by atoms with van der Waals surface area (Å²) in [6.07, 6.45) is 0. The molecule has 0 aliphatic carbocycles. The number of benzene rings is 2. The molecule has 24 heavy (non-hydrogen) atoms. The van der Waals surface area contributed by atoms with Crippen LogP contribution in [0.5, 0.6) is 17.2 Å². The molecule has 0 heterocycles. The summed E-state index contributed by atoms with van der Waals surface area (Å²) in [5, 5.41) is 0.297. The van der Waals surface area contributed by atoms with Gasteiger partial charge < -0.3 is 19.9 Å². The monoisotopic (exact) mass is 372 g/mol. The van der Waals surface area contributed by atoms with Crippen LogP contribution in [0, 0.1) is 0 Å². The second kappa shape index (κ2) is 7.06. The molecule has 0 fully saturated rings.